The van der Waals surface area contributed by atoms with Gasteiger partial charge in [-0.3, -0.25) is 19.5 Å². The number of aromatic nitrogens is 1. The largest absolute Gasteiger partial charge is 0.339 e. The molecular weight excluding hydrogens is 388 g/mol. The third kappa shape index (κ3) is 5.27. The molecule has 0 spiro atoms. The fourth-order valence-electron chi connectivity index (χ4n) is 4.99. The quantitative estimate of drug-likeness (QED) is 0.758. The molecule has 0 aromatic carbocycles. The molecule has 1 aromatic heterocycles. The Morgan fingerprint density at radius 3 is 2.39 bits per heavy atom. The molecule has 1 N–H and O–H groups in total. The van der Waals surface area contributed by atoms with E-state index in [9.17, 15) is 9.59 Å². The molecule has 1 unspecified atom stereocenters. The van der Waals surface area contributed by atoms with Crippen LogP contribution in [0, 0.1) is 11.8 Å². The average Bonchev–Trinajstić information content (AvgIpc) is 3.52. The first-order chi connectivity index (χ1) is 15.1. The van der Waals surface area contributed by atoms with E-state index in [1.807, 2.05) is 17.9 Å². The monoisotopic (exact) mass is 422 g/mol. The minimum absolute atomic E-state index is 0.0359. The number of nitrogens with one attached hydrogen (secondary N) is 1. The van der Waals surface area contributed by atoms with Crippen molar-refractivity contribution in [3.63, 3.8) is 0 Å². The van der Waals surface area contributed by atoms with Gasteiger partial charge in [-0.2, -0.15) is 0 Å². The van der Waals surface area contributed by atoms with E-state index in [2.05, 4.69) is 27.0 Å². The van der Waals surface area contributed by atoms with Gasteiger partial charge in [0.1, 0.15) is 5.54 Å². The second kappa shape index (κ2) is 9.82. The van der Waals surface area contributed by atoms with Crippen molar-refractivity contribution in [2.24, 2.45) is 0 Å². The molecule has 0 radical (unpaired) electrons. The topological polar surface area (TPSA) is 65.5 Å². The van der Waals surface area contributed by atoms with Crippen molar-refractivity contribution >= 4 is 11.8 Å². The molecule has 1 saturated carbocycles. The van der Waals surface area contributed by atoms with E-state index in [0.29, 0.717) is 5.56 Å². The summed E-state index contributed by atoms with van der Waals surface area (Å²) in [6.45, 7) is 5.63. The number of carbonyl (C=O) groups is 2. The van der Waals surface area contributed by atoms with Crippen LogP contribution in [0.4, 0.5) is 0 Å². The van der Waals surface area contributed by atoms with Crippen molar-refractivity contribution in [1.29, 1.82) is 0 Å². The van der Waals surface area contributed by atoms with Crippen LogP contribution in [0.15, 0.2) is 18.5 Å². The zero-order chi connectivity index (χ0) is 21.7. The zero-order valence-corrected chi connectivity index (χ0v) is 18.7. The van der Waals surface area contributed by atoms with E-state index < -0.39 is 5.54 Å². The summed E-state index contributed by atoms with van der Waals surface area (Å²) < 4.78 is 0. The standard InChI is InChI=1S/C25H34N4O2/c1-20(28-13-5-6-14-28)23(30)27-25(10-3-2-4-11-25)12-9-21-17-22(19-26-18-21)24(31)29-15-7-8-16-29/h17-20H,2-8,10-11,13-16H2,1H3,(H,27,30). The molecule has 3 heterocycles. The molecule has 1 atom stereocenters. The highest BCUT2D eigenvalue weighted by Crippen LogP contribution is 2.28. The SMILES string of the molecule is CC(C(=O)NC1(C#Cc2cncc(C(=O)N3CCCC3)c2)CCCCC1)N1CCCC1. The zero-order valence-electron chi connectivity index (χ0n) is 18.7. The summed E-state index contributed by atoms with van der Waals surface area (Å²) >= 11 is 0. The molecule has 2 saturated heterocycles. The van der Waals surface area contributed by atoms with Crippen molar-refractivity contribution in [3.8, 4) is 11.8 Å². The number of hydrogen-bond acceptors (Lipinski definition) is 4. The molecule has 6 nitrogen and oxygen atoms in total. The third-order valence-electron chi connectivity index (χ3n) is 6.96. The van der Waals surface area contributed by atoms with Crippen molar-refractivity contribution in [3.05, 3.63) is 29.6 Å². The van der Waals surface area contributed by atoms with Crippen LogP contribution in [0.5, 0.6) is 0 Å². The van der Waals surface area contributed by atoms with Crippen LogP contribution in [0.25, 0.3) is 0 Å². The summed E-state index contributed by atoms with van der Waals surface area (Å²) in [5.74, 6) is 6.76. The number of amides is 2. The summed E-state index contributed by atoms with van der Waals surface area (Å²) in [4.78, 5) is 34.1. The number of pyridine rings is 1. The molecule has 0 bridgehead atoms. The van der Waals surface area contributed by atoms with Gasteiger partial charge in [0.15, 0.2) is 0 Å². The molecule has 4 rings (SSSR count). The Morgan fingerprint density at radius 2 is 1.68 bits per heavy atom. The second-order valence-corrected chi connectivity index (χ2v) is 9.26. The Hall–Kier alpha value is -2.39. The van der Waals surface area contributed by atoms with Gasteiger partial charge in [-0.05, 0) is 64.6 Å². The molecule has 3 fully saturated rings. The summed E-state index contributed by atoms with van der Waals surface area (Å²) in [5, 5.41) is 3.31. The molecule has 3 aliphatic rings. The van der Waals surface area contributed by atoms with E-state index in [1.165, 1.54) is 19.3 Å². The van der Waals surface area contributed by atoms with Crippen LogP contribution in [0.2, 0.25) is 0 Å². The van der Waals surface area contributed by atoms with Gasteiger partial charge in [0.2, 0.25) is 5.91 Å². The number of hydrogen-bond donors (Lipinski definition) is 1. The van der Waals surface area contributed by atoms with Crippen LogP contribution in [-0.4, -0.2) is 64.4 Å². The Labute approximate surface area is 185 Å². The Kier molecular flexibility index (Phi) is 6.92. The van der Waals surface area contributed by atoms with Crippen LogP contribution < -0.4 is 5.32 Å². The fourth-order valence-corrected chi connectivity index (χ4v) is 4.99. The lowest BCUT2D eigenvalue weighted by Crippen LogP contribution is -2.54. The van der Waals surface area contributed by atoms with Gasteiger partial charge in [-0.1, -0.05) is 31.1 Å². The highest BCUT2D eigenvalue weighted by atomic mass is 16.2. The number of carbonyl (C=O) groups excluding carboxylic acids is 2. The molecule has 166 valence electrons. The van der Waals surface area contributed by atoms with Gasteiger partial charge in [0.25, 0.3) is 5.91 Å². The summed E-state index contributed by atoms with van der Waals surface area (Å²) in [6, 6.07) is 1.72. The maximum atomic E-state index is 13.0. The van der Waals surface area contributed by atoms with E-state index in [0.717, 1.165) is 70.3 Å². The lowest BCUT2D eigenvalue weighted by Gasteiger charge is -2.35. The van der Waals surface area contributed by atoms with Crippen LogP contribution >= 0.6 is 0 Å². The van der Waals surface area contributed by atoms with Gasteiger partial charge in [-0.25, -0.2) is 0 Å². The van der Waals surface area contributed by atoms with Crippen LogP contribution in [0.1, 0.15) is 80.6 Å². The van der Waals surface area contributed by atoms with E-state index in [4.69, 9.17) is 0 Å². The predicted octanol–water partition coefficient (Wildman–Crippen LogP) is 2.97. The lowest BCUT2D eigenvalue weighted by molar-refractivity contribution is -0.127. The predicted molar refractivity (Wildman–Crippen MR) is 120 cm³/mol. The maximum Gasteiger partial charge on any atom is 0.255 e. The summed E-state index contributed by atoms with van der Waals surface area (Å²) in [7, 11) is 0. The third-order valence-corrected chi connectivity index (χ3v) is 6.96. The minimum atomic E-state index is -0.488. The normalized spacial score (nSPS) is 21.9. The minimum Gasteiger partial charge on any atom is -0.339 e. The van der Waals surface area contributed by atoms with Gasteiger partial charge in [0, 0.05) is 31.0 Å². The second-order valence-electron chi connectivity index (χ2n) is 9.26. The van der Waals surface area contributed by atoms with Crippen molar-refractivity contribution in [1.82, 2.24) is 20.1 Å². The molecular formula is C25H34N4O2. The lowest BCUT2D eigenvalue weighted by atomic mass is 9.81. The van der Waals surface area contributed by atoms with Gasteiger partial charge < -0.3 is 10.2 Å². The summed E-state index contributed by atoms with van der Waals surface area (Å²) in [6.07, 6.45) is 12.9. The van der Waals surface area contributed by atoms with Crippen molar-refractivity contribution in [2.75, 3.05) is 26.2 Å². The fraction of sp³-hybridized carbons (Fsp3) is 0.640. The molecule has 1 aromatic rings. The first-order valence-corrected chi connectivity index (χ1v) is 11.9. The van der Waals surface area contributed by atoms with Gasteiger partial charge in [0.05, 0.1) is 11.6 Å². The number of likely N-dealkylation sites (tertiary alicyclic amines) is 2. The first kappa shape index (κ1) is 21.8. The first-order valence-electron chi connectivity index (χ1n) is 11.9. The Balaban J connectivity index is 1.50. The summed E-state index contributed by atoms with van der Waals surface area (Å²) in [5.41, 5.74) is 0.841. The van der Waals surface area contributed by atoms with E-state index >= 15 is 0 Å². The van der Waals surface area contributed by atoms with Crippen LogP contribution in [-0.2, 0) is 4.79 Å². The van der Waals surface area contributed by atoms with Crippen molar-refractivity contribution in [2.45, 2.75) is 76.3 Å². The maximum absolute atomic E-state index is 13.0. The Morgan fingerprint density at radius 1 is 1.00 bits per heavy atom. The molecule has 6 heteroatoms. The smallest absolute Gasteiger partial charge is 0.255 e. The van der Waals surface area contributed by atoms with E-state index in [-0.39, 0.29) is 17.9 Å². The van der Waals surface area contributed by atoms with Crippen molar-refractivity contribution < 1.29 is 9.59 Å². The highest BCUT2D eigenvalue weighted by molar-refractivity contribution is 5.94. The molecule has 1 aliphatic carbocycles. The number of rotatable bonds is 4. The molecule has 2 amide bonds. The molecule has 2 aliphatic heterocycles. The number of nitrogens with zero attached hydrogens (tertiary/aromatic N) is 3. The van der Waals surface area contributed by atoms with E-state index in [1.54, 1.807) is 12.4 Å². The van der Waals surface area contributed by atoms with Gasteiger partial charge >= 0.3 is 0 Å². The highest BCUT2D eigenvalue weighted by Gasteiger charge is 2.34. The average molecular weight is 423 g/mol. The van der Waals surface area contributed by atoms with Crippen LogP contribution in [0.3, 0.4) is 0 Å². The van der Waals surface area contributed by atoms with Gasteiger partial charge in [-0.15, -0.1) is 0 Å². The molecule has 31 heavy (non-hydrogen) atoms. The Bertz CT molecular complexity index is 854.